The van der Waals surface area contributed by atoms with Gasteiger partial charge in [0.1, 0.15) is 0 Å². The highest BCUT2D eigenvalue weighted by Gasteiger charge is 2.11. The number of hydrogen-bond donors (Lipinski definition) is 0. The predicted octanol–water partition coefficient (Wildman–Crippen LogP) is 5.71. The van der Waals surface area contributed by atoms with Crippen LogP contribution in [0.5, 0.6) is 0 Å². The molecule has 25 heavy (non-hydrogen) atoms. The summed E-state index contributed by atoms with van der Waals surface area (Å²) in [7, 11) is 0. The molecular weight excluding hydrogens is 308 g/mol. The number of benzene rings is 4. The Kier molecular flexibility index (Phi) is 3.10. The molecule has 1 aromatic heterocycles. The van der Waals surface area contributed by atoms with Crippen LogP contribution in [0.2, 0.25) is 0 Å². The summed E-state index contributed by atoms with van der Waals surface area (Å²) in [6, 6.07) is 28.8. The summed E-state index contributed by atoms with van der Waals surface area (Å²) in [6.07, 6.45) is 0. The van der Waals surface area contributed by atoms with E-state index < -0.39 is 0 Å². The zero-order valence-corrected chi connectivity index (χ0v) is 13.4. The van der Waals surface area contributed by atoms with Crippen LogP contribution in [0.1, 0.15) is 0 Å². The molecule has 0 spiro atoms. The molecule has 5 rings (SSSR count). The van der Waals surface area contributed by atoms with Gasteiger partial charge in [0, 0.05) is 11.1 Å². The Morgan fingerprint density at radius 2 is 1.12 bits per heavy atom. The topological polar surface area (TPSA) is 38.9 Å². The molecule has 118 valence electrons. The Bertz CT molecular complexity index is 1110. The molecule has 0 N–H and O–H groups in total. The molecule has 0 saturated carbocycles. The van der Waals surface area contributed by atoms with Crippen molar-refractivity contribution < 1.29 is 4.52 Å². The fraction of sp³-hybridized carbons (Fsp3) is 0. The highest BCUT2D eigenvalue weighted by molar-refractivity contribution is 5.87. The number of fused-ring (bicyclic) bond motifs is 2. The molecule has 1 heterocycles. The third-order valence-corrected chi connectivity index (χ3v) is 4.43. The van der Waals surface area contributed by atoms with Crippen molar-refractivity contribution in [3.05, 3.63) is 84.9 Å². The number of hydrogen-bond acceptors (Lipinski definition) is 3. The quantitative estimate of drug-likeness (QED) is 0.418. The molecular formula is C22H14N2O. The van der Waals surface area contributed by atoms with Gasteiger partial charge in [-0.25, -0.2) is 0 Å². The van der Waals surface area contributed by atoms with Crippen LogP contribution in [0.15, 0.2) is 89.5 Å². The number of nitrogens with zero attached hydrogens (tertiary/aromatic N) is 2. The largest absolute Gasteiger partial charge is 0.334 e. The van der Waals surface area contributed by atoms with Crippen molar-refractivity contribution in [1.29, 1.82) is 0 Å². The van der Waals surface area contributed by atoms with Crippen molar-refractivity contribution in [1.82, 2.24) is 10.1 Å². The van der Waals surface area contributed by atoms with Gasteiger partial charge in [0.2, 0.25) is 5.82 Å². The molecule has 0 bridgehead atoms. The average molecular weight is 322 g/mol. The Balaban J connectivity index is 1.57. The van der Waals surface area contributed by atoms with Crippen LogP contribution in [-0.4, -0.2) is 10.1 Å². The standard InChI is InChI=1S/C22H14N2O/c1-3-7-17-13-19(11-9-15(17)5-1)21-23-22(25-24-21)20-12-10-16-6-2-4-8-18(16)14-20/h1-14H. The molecule has 0 amide bonds. The summed E-state index contributed by atoms with van der Waals surface area (Å²) in [5, 5.41) is 8.88. The first-order chi connectivity index (χ1) is 12.4. The molecule has 0 unspecified atom stereocenters. The summed E-state index contributed by atoms with van der Waals surface area (Å²) in [5.74, 6) is 1.14. The lowest BCUT2D eigenvalue weighted by molar-refractivity contribution is 0.432. The van der Waals surface area contributed by atoms with Crippen molar-refractivity contribution in [2.24, 2.45) is 0 Å². The summed E-state index contributed by atoms with van der Waals surface area (Å²) in [4.78, 5) is 4.59. The highest BCUT2D eigenvalue weighted by atomic mass is 16.5. The van der Waals surface area contributed by atoms with E-state index in [-0.39, 0.29) is 0 Å². The maximum Gasteiger partial charge on any atom is 0.258 e. The second-order valence-corrected chi connectivity index (χ2v) is 6.05. The zero-order chi connectivity index (χ0) is 16.6. The van der Waals surface area contributed by atoms with E-state index in [0.717, 1.165) is 21.9 Å². The summed E-state index contributed by atoms with van der Waals surface area (Å²) in [5.41, 5.74) is 1.88. The van der Waals surface area contributed by atoms with E-state index in [1.54, 1.807) is 0 Å². The van der Waals surface area contributed by atoms with Crippen molar-refractivity contribution >= 4 is 21.5 Å². The van der Waals surface area contributed by atoms with Crippen LogP contribution in [0.4, 0.5) is 0 Å². The van der Waals surface area contributed by atoms with Crippen LogP contribution >= 0.6 is 0 Å². The fourth-order valence-corrected chi connectivity index (χ4v) is 3.11. The molecule has 0 aliphatic rings. The van der Waals surface area contributed by atoms with Crippen molar-refractivity contribution in [2.45, 2.75) is 0 Å². The van der Waals surface area contributed by atoms with Gasteiger partial charge in [-0.3, -0.25) is 0 Å². The zero-order valence-electron chi connectivity index (χ0n) is 13.4. The molecule has 3 heteroatoms. The van der Waals surface area contributed by atoms with Crippen molar-refractivity contribution in [3.63, 3.8) is 0 Å². The summed E-state index contributed by atoms with van der Waals surface area (Å²) < 4.78 is 5.50. The molecule has 0 atom stereocenters. The Morgan fingerprint density at radius 1 is 0.560 bits per heavy atom. The first-order valence-electron chi connectivity index (χ1n) is 8.19. The summed E-state index contributed by atoms with van der Waals surface area (Å²) in [6.45, 7) is 0. The normalized spacial score (nSPS) is 11.2. The van der Waals surface area contributed by atoms with Gasteiger partial charge in [0.25, 0.3) is 5.89 Å². The molecule has 4 aromatic carbocycles. The first kappa shape index (κ1) is 13.9. The molecule has 0 aliphatic carbocycles. The minimum absolute atomic E-state index is 0.536. The Labute approximate surface area is 144 Å². The van der Waals surface area contributed by atoms with Crippen LogP contribution in [0.3, 0.4) is 0 Å². The highest BCUT2D eigenvalue weighted by Crippen LogP contribution is 2.27. The first-order valence-corrected chi connectivity index (χ1v) is 8.19. The van der Waals surface area contributed by atoms with Gasteiger partial charge in [-0.2, -0.15) is 4.98 Å². The minimum atomic E-state index is 0.536. The molecule has 0 saturated heterocycles. The van der Waals surface area contributed by atoms with Crippen molar-refractivity contribution in [2.75, 3.05) is 0 Å². The maximum absolute atomic E-state index is 5.50. The lowest BCUT2D eigenvalue weighted by atomic mass is 10.1. The predicted molar refractivity (Wildman–Crippen MR) is 100 cm³/mol. The van der Waals surface area contributed by atoms with E-state index in [2.05, 4.69) is 58.7 Å². The van der Waals surface area contributed by atoms with Gasteiger partial charge >= 0.3 is 0 Å². The van der Waals surface area contributed by atoms with E-state index in [9.17, 15) is 0 Å². The fourth-order valence-electron chi connectivity index (χ4n) is 3.11. The number of aromatic nitrogens is 2. The van der Waals surface area contributed by atoms with Gasteiger partial charge in [0.05, 0.1) is 0 Å². The van der Waals surface area contributed by atoms with E-state index in [0.29, 0.717) is 11.7 Å². The smallest absolute Gasteiger partial charge is 0.258 e. The Hall–Kier alpha value is -3.46. The van der Waals surface area contributed by atoms with Crippen LogP contribution in [0.25, 0.3) is 44.4 Å². The van der Waals surface area contributed by atoms with Crippen LogP contribution < -0.4 is 0 Å². The summed E-state index contributed by atoms with van der Waals surface area (Å²) >= 11 is 0. The monoisotopic (exact) mass is 322 g/mol. The van der Waals surface area contributed by atoms with Crippen LogP contribution in [-0.2, 0) is 0 Å². The maximum atomic E-state index is 5.50. The van der Waals surface area contributed by atoms with E-state index in [4.69, 9.17) is 4.52 Å². The van der Waals surface area contributed by atoms with E-state index in [1.807, 2.05) is 36.4 Å². The average Bonchev–Trinajstić information content (AvgIpc) is 3.17. The molecule has 5 aromatic rings. The third-order valence-electron chi connectivity index (χ3n) is 4.43. The van der Waals surface area contributed by atoms with Gasteiger partial charge in [-0.1, -0.05) is 71.9 Å². The van der Waals surface area contributed by atoms with Crippen molar-refractivity contribution in [3.8, 4) is 22.8 Å². The molecule has 0 aliphatic heterocycles. The lowest BCUT2D eigenvalue weighted by Gasteiger charge is -2.00. The Morgan fingerprint density at radius 3 is 1.80 bits per heavy atom. The second kappa shape index (κ2) is 5.56. The molecule has 0 radical (unpaired) electrons. The molecule has 0 fully saturated rings. The van der Waals surface area contributed by atoms with E-state index >= 15 is 0 Å². The number of rotatable bonds is 2. The van der Waals surface area contributed by atoms with Gasteiger partial charge in [-0.15, -0.1) is 0 Å². The third kappa shape index (κ3) is 2.46. The van der Waals surface area contributed by atoms with Gasteiger partial charge in [0.15, 0.2) is 0 Å². The second-order valence-electron chi connectivity index (χ2n) is 6.05. The SMILES string of the molecule is c1ccc2cc(-c3noc(-c4ccc5ccccc5c4)n3)ccc2c1. The van der Waals surface area contributed by atoms with Crippen LogP contribution in [0, 0.1) is 0 Å². The van der Waals surface area contributed by atoms with E-state index in [1.165, 1.54) is 10.8 Å². The lowest BCUT2D eigenvalue weighted by Crippen LogP contribution is -1.82. The minimum Gasteiger partial charge on any atom is -0.334 e. The molecule has 3 nitrogen and oxygen atoms in total. The van der Waals surface area contributed by atoms with Gasteiger partial charge < -0.3 is 4.52 Å². The van der Waals surface area contributed by atoms with Gasteiger partial charge in [-0.05, 0) is 39.7 Å².